The van der Waals surface area contributed by atoms with E-state index in [0.29, 0.717) is 0 Å². The molecule has 0 aliphatic heterocycles. The van der Waals surface area contributed by atoms with Crippen LogP contribution in [0.25, 0.3) is 31.3 Å². The number of para-hydroxylation sites is 2. The van der Waals surface area contributed by atoms with Crippen LogP contribution >= 0.6 is 27.3 Å². The standard InChI is InChI=1S/C30H20BrNS/c31-23-14-17-27-28-19-22(13-18-29(28)33-30(27)20-23)21-11-15-26(16-12-21)32(24-7-3-1-4-8-24)25-9-5-2-6-10-25/h1-20H. The average Bonchev–Trinajstić information content (AvgIpc) is 3.23. The Kier molecular flexibility index (Phi) is 5.21. The van der Waals surface area contributed by atoms with E-state index in [2.05, 4.69) is 142 Å². The van der Waals surface area contributed by atoms with E-state index in [1.54, 1.807) is 0 Å². The maximum absolute atomic E-state index is 3.60. The van der Waals surface area contributed by atoms with Crippen LogP contribution in [-0.2, 0) is 0 Å². The first-order valence-corrected chi connectivity index (χ1v) is 12.5. The van der Waals surface area contributed by atoms with Crippen molar-refractivity contribution in [1.29, 1.82) is 0 Å². The van der Waals surface area contributed by atoms with Crippen LogP contribution in [0.5, 0.6) is 0 Å². The number of hydrogen-bond acceptors (Lipinski definition) is 2. The predicted molar refractivity (Wildman–Crippen MR) is 147 cm³/mol. The summed E-state index contributed by atoms with van der Waals surface area (Å²) in [5, 5.41) is 2.63. The predicted octanol–water partition coefficient (Wildman–Crippen LogP) is 9.95. The van der Waals surface area contributed by atoms with Crippen LogP contribution in [0.4, 0.5) is 17.1 Å². The topological polar surface area (TPSA) is 3.24 Å². The zero-order valence-corrected chi connectivity index (χ0v) is 20.2. The van der Waals surface area contributed by atoms with Gasteiger partial charge in [-0.1, -0.05) is 76.6 Å². The molecule has 6 rings (SSSR count). The molecule has 5 aromatic carbocycles. The Morgan fingerprint density at radius 1 is 0.485 bits per heavy atom. The van der Waals surface area contributed by atoms with Crippen molar-refractivity contribution in [2.75, 3.05) is 4.90 Å². The normalized spacial score (nSPS) is 11.2. The maximum Gasteiger partial charge on any atom is 0.0462 e. The van der Waals surface area contributed by atoms with Crippen LogP contribution < -0.4 is 4.90 Å². The smallest absolute Gasteiger partial charge is 0.0462 e. The quantitative estimate of drug-likeness (QED) is 0.230. The van der Waals surface area contributed by atoms with Crippen molar-refractivity contribution in [1.82, 2.24) is 0 Å². The average molecular weight is 506 g/mol. The van der Waals surface area contributed by atoms with Crippen LogP contribution in [0.2, 0.25) is 0 Å². The van der Waals surface area contributed by atoms with Gasteiger partial charge in [-0.05, 0) is 71.8 Å². The molecule has 6 aromatic rings. The first-order chi connectivity index (χ1) is 16.3. The van der Waals surface area contributed by atoms with E-state index in [4.69, 9.17) is 0 Å². The summed E-state index contributed by atoms with van der Waals surface area (Å²) in [4.78, 5) is 2.29. The summed E-state index contributed by atoms with van der Waals surface area (Å²) < 4.78 is 3.76. The summed E-state index contributed by atoms with van der Waals surface area (Å²) in [7, 11) is 0. The fourth-order valence-corrected chi connectivity index (χ4v) is 5.97. The van der Waals surface area contributed by atoms with Crippen LogP contribution in [0.1, 0.15) is 0 Å². The summed E-state index contributed by atoms with van der Waals surface area (Å²) in [5.41, 5.74) is 5.89. The third-order valence-electron chi connectivity index (χ3n) is 5.92. The number of nitrogens with zero attached hydrogens (tertiary/aromatic N) is 1. The zero-order valence-electron chi connectivity index (χ0n) is 17.8. The molecular formula is C30H20BrNS. The highest BCUT2D eigenvalue weighted by molar-refractivity contribution is 9.10. The van der Waals surface area contributed by atoms with Crippen LogP contribution in [0.3, 0.4) is 0 Å². The summed E-state index contributed by atoms with van der Waals surface area (Å²) in [6.45, 7) is 0. The van der Waals surface area contributed by atoms with Gasteiger partial charge in [-0.25, -0.2) is 0 Å². The fourth-order valence-electron chi connectivity index (χ4n) is 4.33. The first kappa shape index (κ1) is 20.2. The van der Waals surface area contributed by atoms with E-state index in [-0.39, 0.29) is 0 Å². The monoisotopic (exact) mass is 505 g/mol. The Balaban J connectivity index is 1.41. The Morgan fingerprint density at radius 3 is 1.76 bits per heavy atom. The molecule has 0 aliphatic carbocycles. The summed E-state index contributed by atoms with van der Waals surface area (Å²) >= 11 is 5.44. The molecule has 0 bridgehead atoms. The molecule has 1 aromatic heterocycles. The van der Waals surface area contributed by atoms with Crippen molar-refractivity contribution in [3.05, 3.63) is 126 Å². The fraction of sp³-hybridized carbons (Fsp3) is 0. The van der Waals surface area contributed by atoms with E-state index < -0.39 is 0 Å². The first-order valence-electron chi connectivity index (χ1n) is 10.9. The number of hydrogen-bond donors (Lipinski definition) is 0. The second-order valence-corrected chi connectivity index (χ2v) is 10.0. The lowest BCUT2D eigenvalue weighted by Crippen LogP contribution is -2.09. The molecule has 3 heteroatoms. The summed E-state index contributed by atoms with van der Waals surface area (Å²) in [6, 6.07) is 43.2. The maximum atomic E-state index is 3.60. The third-order valence-corrected chi connectivity index (χ3v) is 7.55. The highest BCUT2D eigenvalue weighted by Gasteiger charge is 2.12. The van der Waals surface area contributed by atoms with Crippen LogP contribution in [0.15, 0.2) is 126 Å². The van der Waals surface area contributed by atoms with Crippen molar-refractivity contribution in [3.8, 4) is 11.1 Å². The zero-order chi connectivity index (χ0) is 22.2. The van der Waals surface area contributed by atoms with Gasteiger partial charge >= 0.3 is 0 Å². The Labute approximate surface area is 205 Å². The lowest BCUT2D eigenvalue weighted by molar-refractivity contribution is 1.28. The lowest BCUT2D eigenvalue weighted by Gasteiger charge is -2.25. The van der Waals surface area contributed by atoms with Crippen molar-refractivity contribution >= 4 is 64.5 Å². The van der Waals surface area contributed by atoms with E-state index in [1.165, 1.54) is 31.3 Å². The van der Waals surface area contributed by atoms with Gasteiger partial charge in [0.2, 0.25) is 0 Å². The van der Waals surface area contributed by atoms with Gasteiger partial charge < -0.3 is 4.90 Å². The van der Waals surface area contributed by atoms with Gasteiger partial charge in [-0.3, -0.25) is 0 Å². The minimum Gasteiger partial charge on any atom is -0.311 e. The van der Waals surface area contributed by atoms with Gasteiger partial charge in [0.15, 0.2) is 0 Å². The van der Waals surface area contributed by atoms with E-state index in [9.17, 15) is 0 Å². The van der Waals surface area contributed by atoms with Crippen molar-refractivity contribution < 1.29 is 0 Å². The van der Waals surface area contributed by atoms with Crippen molar-refractivity contribution in [3.63, 3.8) is 0 Å². The Morgan fingerprint density at radius 2 is 1.09 bits per heavy atom. The SMILES string of the molecule is Brc1ccc2c(c1)sc1ccc(-c3ccc(N(c4ccccc4)c4ccccc4)cc3)cc12. The highest BCUT2D eigenvalue weighted by atomic mass is 79.9. The molecule has 0 amide bonds. The van der Waals surface area contributed by atoms with Crippen molar-refractivity contribution in [2.45, 2.75) is 0 Å². The molecular weight excluding hydrogens is 486 g/mol. The molecule has 1 heterocycles. The van der Waals surface area contributed by atoms with Crippen LogP contribution in [0, 0.1) is 0 Å². The lowest BCUT2D eigenvalue weighted by atomic mass is 10.0. The Bertz CT molecular complexity index is 1510. The Hall–Kier alpha value is -3.40. The van der Waals surface area contributed by atoms with Gasteiger partial charge in [0, 0.05) is 41.7 Å². The molecule has 1 nitrogen and oxygen atoms in total. The number of thiophene rings is 1. The van der Waals surface area contributed by atoms with Crippen molar-refractivity contribution in [2.24, 2.45) is 0 Å². The molecule has 0 fully saturated rings. The van der Waals surface area contributed by atoms with E-state index in [1.807, 2.05) is 11.3 Å². The van der Waals surface area contributed by atoms with E-state index >= 15 is 0 Å². The molecule has 0 spiro atoms. The van der Waals surface area contributed by atoms with Gasteiger partial charge in [0.25, 0.3) is 0 Å². The largest absolute Gasteiger partial charge is 0.311 e. The second-order valence-electron chi connectivity index (χ2n) is 8.01. The molecule has 0 atom stereocenters. The van der Waals surface area contributed by atoms with Gasteiger partial charge in [0.1, 0.15) is 0 Å². The molecule has 33 heavy (non-hydrogen) atoms. The number of fused-ring (bicyclic) bond motifs is 3. The second kappa shape index (κ2) is 8.51. The van der Waals surface area contributed by atoms with Gasteiger partial charge in [-0.15, -0.1) is 11.3 Å². The minimum absolute atomic E-state index is 1.12. The van der Waals surface area contributed by atoms with Gasteiger partial charge in [-0.2, -0.15) is 0 Å². The third kappa shape index (κ3) is 3.84. The number of halogens is 1. The molecule has 0 unspecified atom stereocenters. The van der Waals surface area contributed by atoms with Gasteiger partial charge in [0.05, 0.1) is 0 Å². The summed E-state index contributed by atoms with van der Waals surface area (Å²) in [6.07, 6.45) is 0. The number of anilines is 3. The summed E-state index contributed by atoms with van der Waals surface area (Å²) in [5.74, 6) is 0. The highest BCUT2D eigenvalue weighted by Crippen LogP contribution is 2.39. The molecule has 0 radical (unpaired) electrons. The molecule has 158 valence electrons. The molecule has 0 saturated heterocycles. The van der Waals surface area contributed by atoms with E-state index in [0.717, 1.165) is 21.5 Å². The minimum atomic E-state index is 1.12. The number of rotatable bonds is 4. The van der Waals surface area contributed by atoms with Crippen LogP contribution in [-0.4, -0.2) is 0 Å². The molecule has 0 saturated carbocycles. The molecule has 0 N–H and O–H groups in total. The number of benzene rings is 5. The molecule has 0 aliphatic rings.